The summed E-state index contributed by atoms with van der Waals surface area (Å²) in [6.07, 6.45) is 0.601. The maximum Gasteiger partial charge on any atom is 0.224 e. The van der Waals surface area contributed by atoms with Gasteiger partial charge >= 0.3 is 0 Å². The quantitative estimate of drug-likeness (QED) is 0.877. The number of aromatic nitrogens is 1. The van der Waals surface area contributed by atoms with E-state index in [9.17, 15) is 9.90 Å². The number of aryl methyl sites for hydroxylation is 1. The zero-order valence-corrected chi connectivity index (χ0v) is 10.3. The molecule has 0 aliphatic heterocycles. The first kappa shape index (κ1) is 11.8. The number of pyridine rings is 1. The van der Waals surface area contributed by atoms with Gasteiger partial charge < -0.3 is 10.1 Å². The number of hydrogen-bond acceptors (Lipinski definition) is 3. The summed E-state index contributed by atoms with van der Waals surface area (Å²) in [6, 6.07) is 11.2. The van der Waals surface area contributed by atoms with Crippen molar-refractivity contribution in [2.24, 2.45) is 0 Å². The van der Waals surface area contributed by atoms with E-state index in [4.69, 9.17) is 0 Å². The predicted molar refractivity (Wildman–Crippen MR) is 68.7 cm³/mol. The number of benzene rings is 1. The Labute approximate surface area is 104 Å². The fourth-order valence-electron chi connectivity index (χ4n) is 1.51. The highest BCUT2D eigenvalue weighted by atomic mass is 32.2. The van der Waals surface area contributed by atoms with E-state index >= 15 is 0 Å². The van der Waals surface area contributed by atoms with E-state index < -0.39 is 0 Å². The Morgan fingerprint density at radius 3 is 2.65 bits per heavy atom. The van der Waals surface area contributed by atoms with Crippen LogP contribution in [0.2, 0.25) is 0 Å². The Morgan fingerprint density at radius 2 is 2.00 bits per heavy atom. The molecule has 0 spiro atoms. The van der Waals surface area contributed by atoms with Crippen molar-refractivity contribution in [3.63, 3.8) is 0 Å². The lowest BCUT2D eigenvalue weighted by Crippen LogP contribution is -2.05. The van der Waals surface area contributed by atoms with Crippen LogP contribution >= 0.6 is 11.8 Å². The number of aromatic hydroxyl groups is 1. The molecule has 17 heavy (non-hydrogen) atoms. The van der Waals surface area contributed by atoms with E-state index in [-0.39, 0.29) is 11.2 Å². The average molecular weight is 247 g/mol. The monoisotopic (exact) mass is 247 g/mol. The molecule has 2 rings (SSSR count). The van der Waals surface area contributed by atoms with Crippen molar-refractivity contribution in [2.75, 3.05) is 0 Å². The summed E-state index contributed by atoms with van der Waals surface area (Å²) in [5.74, 6) is -0.176. The Hall–Kier alpha value is -1.68. The summed E-state index contributed by atoms with van der Waals surface area (Å²) < 4.78 is 0. The molecule has 2 N–H and O–H groups in total. The van der Waals surface area contributed by atoms with Gasteiger partial charge in [-0.2, -0.15) is 0 Å². The molecule has 0 unspecified atom stereocenters. The molecule has 3 nitrogen and oxygen atoms in total. The predicted octanol–water partition coefficient (Wildman–Crippen LogP) is 2.79. The molecule has 88 valence electrons. The molecule has 1 aromatic heterocycles. The molecule has 0 aliphatic carbocycles. The molecule has 0 aliphatic rings. The molecule has 0 radical (unpaired) electrons. The third kappa shape index (κ3) is 2.71. The number of nitrogens with one attached hydrogen (secondary N) is 1. The van der Waals surface area contributed by atoms with Crippen LogP contribution in [0, 0.1) is 0 Å². The van der Waals surface area contributed by atoms with Crippen molar-refractivity contribution in [1.29, 1.82) is 0 Å². The van der Waals surface area contributed by atoms with Crippen molar-refractivity contribution < 1.29 is 5.11 Å². The number of hydrogen-bond donors (Lipinski definition) is 2. The maximum absolute atomic E-state index is 11.5. The van der Waals surface area contributed by atoms with Crippen LogP contribution in [-0.2, 0) is 6.42 Å². The van der Waals surface area contributed by atoms with Crippen LogP contribution in [0.25, 0.3) is 0 Å². The molecule has 1 aromatic carbocycles. The van der Waals surface area contributed by atoms with E-state index in [2.05, 4.69) is 4.98 Å². The van der Waals surface area contributed by atoms with Gasteiger partial charge in [0.2, 0.25) is 5.43 Å². The van der Waals surface area contributed by atoms with Gasteiger partial charge in [-0.05, 0) is 18.6 Å². The molecule has 0 fully saturated rings. The van der Waals surface area contributed by atoms with Gasteiger partial charge in [-0.3, -0.25) is 4.79 Å². The Morgan fingerprint density at radius 1 is 1.29 bits per heavy atom. The summed E-state index contributed by atoms with van der Waals surface area (Å²) >= 11 is 1.47. The molecule has 0 bridgehead atoms. The van der Waals surface area contributed by atoms with Gasteiger partial charge in [-0.15, -0.1) is 0 Å². The number of rotatable bonds is 3. The molecule has 0 amide bonds. The largest absolute Gasteiger partial charge is 0.503 e. The average Bonchev–Trinajstić information content (AvgIpc) is 2.35. The molecule has 0 saturated heterocycles. The highest BCUT2D eigenvalue weighted by Crippen LogP contribution is 2.26. The molecule has 0 atom stereocenters. The van der Waals surface area contributed by atoms with Crippen LogP contribution in [0.4, 0.5) is 0 Å². The van der Waals surface area contributed by atoms with Crippen LogP contribution in [-0.4, -0.2) is 10.1 Å². The minimum absolute atomic E-state index is 0.176. The van der Waals surface area contributed by atoms with Crippen LogP contribution in [0.3, 0.4) is 0 Å². The molecule has 1 heterocycles. The van der Waals surface area contributed by atoms with Crippen molar-refractivity contribution in [1.82, 2.24) is 4.98 Å². The molecular weight excluding hydrogens is 234 g/mol. The van der Waals surface area contributed by atoms with Gasteiger partial charge in [0.15, 0.2) is 5.75 Å². The second-order valence-electron chi connectivity index (χ2n) is 3.59. The lowest BCUT2D eigenvalue weighted by atomic mass is 10.2. The van der Waals surface area contributed by atoms with Crippen LogP contribution in [0.15, 0.2) is 51.1 Å². The Kier molecular flexibility index (Phi) is 3.54. The summed E-state index contributed by atoms with van der Waals surface area (Å²) in [6.45, 7) is 1.89. The SMILES string of the molecule is CCc1[nH]c(Sc2ccccc2)cc(=O)c1O. The molecule has 2 aromatic rings. The first-order valence-electron chi connectivity index (χ1n) is 5.38. The standard InChI is InChI=1S/C13H13NO2S/c1-2-10-13(16)11(15)8-12(14-10)17-9-6-4-3-5-7-9/h3-8,16H,2H2,1H3,(H,14,15). The smallest absolute Gasteiger partial charge is 0.224 e. The van der Waals surface area contributed by atoms with E-state index in [0.29, 0.717) is 12.1 Å². The number of H-pyrrole nitrogens is 1. The van der Waals surface area contributed by atoms with Gasteiger partial charge in [-0.1, -0.05) is 36.9 Å². The van der Waals surface area contributed by atoms with E-state index in [1.165, 1.54) is 17.8 Å². The third-order valence-electron chi connectivity index (χ3n) is 2.38. The summed E-state index contributed by atoms with van der Waals surface area (Å²) in [5, 5.41) is 10.3. The van der Waals surface area contributed by atoms with Gasteiger partial charge in [0, 0.05) is 11.0 Å². The van der Waals surface area contributed by atoms with Crippen molar-refractivity contribution >= 4 is 11.8 Å². The lowest BCUT2D eigenvalue weighted by molar-refractivity contribution is 0.458. The minimum Gasteiger partial charge on any atom is -0.503 e. The Balaban J connectivity index is 2.34. The topological polar surface area (TPSA) is 53.1 Å². The van der Waals surface area contributed by atoms with Gasteiger partial charge in [-0.25, -0.2) is 0 Å². The van der Waals surface area contributed by atoms with Crippen LogP contribution < -0.4 is 5.43 Å². The van der Waals surface area contributed by atoms with Crippen LogP contribution in [0.1, 0.15) is 12.6 Å². The van der Waals surface area contributed by atoms with Crippen LogP contribution in [0.5, 0.6) is 5.75 Å². The van der Waals surface area contributed by atoms with Crippen molar-refractivity contribution in [2.45, 2.75) is 23.3 Å². The third-order valence-corrected chi connectivity index (χ3v) is 3.33. The van der Waals surface area contributed by atoms with Gasteiger partial charge in [0.05, 0.1) is 10.7 Å². The van der Waals surface area contributed by atoms with E-state index in [0.717, 1.165) is 9.92 Å². The first-order chi connectivity index (χ1) is 8.20. The van der Waals surface area contributed by atoms with Crippen molar-refractivity contribution in [3.8, 4) is 5.75 Å². The van der Waals surface area contributed by atoms with E-state index in [1.807, 2.05) is 37.3 Å². The number of aromatic amines is 1. The second-order valence-corrected chi connectivity index (χ2v) is 4.71. The molecule has 4 heteroatoms. The molecule has 0 saturated carbocycles. The second kappa shape index (κ2) is 5.10. The maximum atomic E-state index is 11.5. The summed E-state index contributed by atoms with van der Waals surface area (Å²) in [5.41, 5.74) is 0.245. The highest BCUT2D eigenvalue weighted by molar-refractivity contribution is 7.99. The fraction of sp³-hybridized carbons (Fsp3) is 0.154. The first-order valence-corrected chi connectivity index (χ1v) is 6.20. The van der Waals surface area contributed by atoms with Crippen molar-refractivity contribution in [3.05, 3.63) is 52.3 Å². The van der Waals surface area contributed by atoms with E-state index in [1.54, 1.807) is 0 Å². The molecular formula is C13H13NO2S. The normalized spacial score (nSPS) is 10.4. The Bertz CT molecular complexity index is 563. The highest BCUT2D eigenvalue weighted by Gasteiger charge is 2.07. The summed E-state index contributed by atoms with van der Waals surface area (Å²) in [7, 11) is 0. The van der Waals surface area contributed by atoms with Gasteiger partial charge in [0.1, 0.15) is 0 Å². The zero-order valence-electron chi connectivity index (χ0n) is 9.43. The van der Waals surface area contributed by atoms with Gasteiger partial charge in [0.25, 0.3) is 0 Å². The zero-order chi connectivity index (χ0) is 12.3. The minimum atomic E-state index is -0.334. The fourth-order valence-corrected chi connectivity index (χ4v) is 2.39. The summed E-state index contributed by atoms with van der Waals surface area (Å²) in [4.78, 5) is 15.6. The lowest BCUT2D eigenvalue weighted by Gasteiger charge is -2.06.